The molecule has 0 aliphatic heterocycles. The van der Waals surface area contributed by atoms with E-state index in [-0.39, 0.29) is 5.41 Å². The van der Waals surface area contributed by atoms with Gasteiger partial charge in [0.2, 0.25) is 0 Å². The zero-order chi connectivity index (χ0) is 10.9. The summed E-state index contributed by atoms with van der Waals surface area (Å²) in [5, 5.41) is 3.50. The maximum Gasteiger partial charge on any atom is 0.0931 e. The molecule has 1 heterocycles. The average Bonchev–Trinajstić information content (AvgIpc) is 2.51. The molecule has 0 saturated heterocycles. The average molecular weight is 224 g/mol. The minimum absolute atomic E-state index is 0.242. The predicted octanol–water partition coefficient (Wildman–Crippen LogP) is 2.72. The Labute approximate surface area is 95.9 Å². The standard InChI is InChI=1S/C12H20N2S/c1-9(2)6-11-14-10(7-15-11)12(8-13)4-3-5-12/h7,9H,3-6,8,13H2,1-2H3. The molecule has 0 aromatic carbocycles. The van der Waals surface area contributed by atoms with Gasteiger partial charge in [-0.2, -0.15) is 0 Å². The quantitative estimate of drug-likeness (QED) is 0.854. The third-order valence-corrected chi connectivity index (χ3v) is 4.25. The Kier molecular flexibility index (Phi) is 3.12. The molecule has 3 heteroatoms. The molecule has 1 saturated carbocycles. The number of hydrogen-bond donors (Lipinski definition) is 1. The number of rotatable bonds is 4. The van der Waals surface area contributed by atoms with Gasteiger partial charge in [-0.3, -0.25) is 0 Å². The summed E-state index contributed by atoms with van der Waals surface area (Å²) in [6, 6.07) is 0. The van der Waals surface area contributed by atoms with Gasteiger partial charge in [0, 0.05) is 23.8 Å². The fourth-order valence-corrected chi connectivity index (χ4v) is 3.30. The summed E-state index contributed by atoms with van der Waals surface area (Å²) in [6.45, 7) is 5.24. The topological polar surface area (TPSA) is 38.9 Å². The van der Waals surface area contributed by atoms with Crippen molar-refractivity contribution in [1.29, 1.82) is 0 Å². The maximum atomic E-state index is 5.88. The monoisotopic (exact) mass is 224 g/mol. The maximum absolute atomic E-state index is 5.88. The van der Waals surface area contributed by atoms with E-state index in [1.54, 1.807) is 11.3 Å². The first-order valence-corrected chi connectivity index (χ1v) is 6.69. The highest BCUT2D eigenvalue weighted by Crippen LogP contribution is 2.42. The van der Waals surface area contributed by atoms with Crippen LogP contribution in [-0.4, -0.2) is 11.5 Å². The third-order valence-electron chi connectivity index (χ3n) is 3.38. The van der Waals surface area contributed by atoms with Crippen molar-refractivity contribution in [3.63, 3.8) is 0 Å². The lowest BCUT2D eigenvalue weighted by molar-refractivity contribution is 0.246. The largest absolute Gasteiger partial charge is 0.330 e. The second-order valence-corrected chi connectivity index (χ2v) is 6.01. The Morgan fingerprint density at radius 3 is 2.73 bits per heavy atom. The molecule has 1 aliphatic carbocycles. The van der Waals surface area contributed by atoms with Crippen LogP contribution in [0.4, 0.5) is 0 Å². The minimum Gasteiger partial charge on any atom is -0.330 e. The van der Waals surface area contributed by atoms with Crippen LogP contribution in [0, 0.1) is 5.92 Å². The Morgan fingerprint density at radius 2 is 2.27 bits per heavy atom. The van der Waals surface area contributed by atoms with Crippen LogP contribution in [0.25, 0.3) is 0 Å². The molecule has 1 fully saturated rings. The molecule has 1 aliphatic rings. The third kappa shape index (κ3) is 2.08. The normalized spacial score (nSPS) is 19.2. The van der Waals surface area contributed by atoms with E-state index in [0.717, 1.165) is 13.0 Å². The van der Waals surface area contributed by atoms with Gasteiger partial charge < -0.3 is 5.73 Å². The van der Waals surface area contributed by atoms with Gasteiger partial charge in [0.15, 0.2) is 0 Å². The van der Waals surface area contributed by atoms with Crippen molar-refractivity contribution in [2.24, 2.45) is 11.7 Å². The number of aromatic nitrogens is 1. The molecule has 0 bridgehead atoms. The number of nitrogens with two attached hydrogens (primary N) is 1. The molecule has 0 unspecified atom stereocenters. The molecular formula is C12H20N2S. The fourth-order valence-electron chi connectivity index (χ4n) is 2.17. The second-order valence-electron chi connectivity index (χ2n) is 5.06. The van der Waals surface area contributed by atoms with Crippen LogP contribution < -0.4 is 5.73 Å². The van der Waals surface area contributed by atoms with Crippen molar-refractivity contribution in [3.8, 4) is 0 Å². The van der Waals surface area contributed by atoms with E-state index in [1.807, 2.05) is 0 Å². The zero-order valence-electron chi connectivity index (χ0n) is 9.62. The van der Waals surface area contributed by atoms with E-state index in [2.05, 4.69) is 19.2 Å². The van der Waals surface area contributed by atoms with Crippen LogP contribution in [0.2, 0.25) is 0 Å². The number of nitrogens with zero attached hydrogens (tertiary/aromatic N) is 1. The highest BCUT2D eigenvalue weighted by Gasteiger charge is 2.39. The molecule has 84 valence electrons. The molecule has 2 N–H and O–H groups in total. The van der Waals surface area contributed by atoms with Crippen molar-refractivity contribution < 1.29 is 0 Å². The first-order valence-electron chi connectivity index (χ1n) is 5.81. The van der Waals surface area contributed by atoms with Crippen molar-refractivity contribution >= 4 is 11.3 Å². The number of thiazole rings is 1. The summed E-state index contributed by atoms with van der Waals surface area (Å²) in [6.07, 6.45) is 4.88. The van der Waals surface area contributed by atoms with Gasteiger partial charge in [0.25, 0.3) is 0 Å². The summed E-state index contributed by atoms with van der Waals surface area (Å²) >= 11 is 1.80. The van der Waals surface area contributed by atoms with E-state index in [9.17, 15) is 0 Å². The molecule has 0 spiro atoms. The van der Waals surface area contributed by atoms with Gasteiger partial charge in [0.1, 0.15) is 0 Å². The first kappa shape index (κ1) is 11.1. The molecule has 0 amide bonds. The molecule has 0 atom stereocenters. The van der Waals surface area contributed by atoms with Crippen molar-refractivity contribution in [3.05, 3.63) is 16.1 Å². The van der Waals surface area contributed by atoms with E-state index in [4.69, 9.17) is 10.7 Å². The molecule has 1 aromatic rings. The predicted molar refractivity (Wildman–Crippen MR) is 65.2 cm³/mol. The van der Waals surface area contributed by atoms with Crippen LogP contribution in [0.1, 0.15) is 43.8 Å². The van der Waals surface area contributed by atoms with Gasteiger partial charge in [-0.25, -0.2) is 4.98 Å². The highest BCUT2D eigenvalue weighted by atomic mass is 32.1. The molecular weight excluding hydrogens is 204 g/mol. The molecule has 15 heavy (non-hydrogen) atoms. The summed E-state index contributed by atoms with van der Waals surface area (Å²) in [7, 11) is 0. The lowest BCUT2D eigenvalue weighted by Gasteiger charge is -2.39. The summed E-state index contributed by atoms with van der Waals surface area (Å²) in [5.41, 5.74) is 7.38. The molecule has 2 rings (SSSR count). The van der Waals surface area contributed by atoms with E-state index in [1.165, 1.54) is 30.0 Å². The van der Waals surface area contributed by atoms with Crippen molar-refractivity contribution in [2.45, 2.75) is 44.9 Å². The van der Waals surface area contributed by atoms with Crippen molar-refractivity contribution in [1.82, 2.24) is 4.98 Å². The van der Waals surface area contributed by atoms with Gasteiger partial charge >= 0.3 is 0 Å². The molecule has 1 aromatic heterocycles. The van der Waals surface area contributed by atoms with E-state index >= 15 is 0 Å². The van der Waals surface area contributed by atoms with Gasteiger partial charge in [-0.1, -0.05) is 20.3 Å². The molecule has 0 radical (unpaired) electrons. The number of hydrogen-bond acceptors (Lipinski definition) is 3. The second kappa shape index (κ2) is 4.22. The zero-order valence-corrected chi connectivity index (χ0v) is 10.4. The Bertz CT molecular complexity index is 321. The summed E-state index contributed by atoms with van der Waals surface area (Å²) in [5.74, 6) is 0.694. The Hall–Kier alpha value is -0.410. The van der Waals surface area contributed by atoms with Crippen LogP contribution in [-0.2, 0) is 11.8 Å². The highest BCUT2D eigenvalue weighted by molar-refractivity contribution is 7.09. The lowest BCUT2D eigenvalue weighted by atomic mass is 9.67. The van der Waals surface area contributed by atoms with Crippen LogP contribution in [0.3, 0.4) is 0 Å². The first-order chi connectivity index (χ1) is 7.16. The van der Waals surface area contributed by atoms with Crippen molar-refractivity contribution in [2.75, 3.05) is 6.54 Å². The van der Waals surface area contributed by atoms with Gasteiger partial charge in [-0.05, 0) is 18.8 Å². The Balaban J connectivity index is 2.12. The summed E-state index contributed by atoms with van der Waals surface area (Å²) in [4.78, 5) is 4.75. The summed E-state index contributed by atoms with van der Waals surface area (Å²) < 4.78 is 0. The van der Waals surface area contributed by atoms with Crippen LogP contribution in [0.15, 0.2) is 5.38 Å². The van der Waals surface area contributed by atoms with E-state index < -0.39 is 0 Å². The molecule has 2 nitrogen and oxygen atoms in total. The smallest absolute Gasteiger partial charge is 0.0931 e. The SMILES string of the molecule is CC(C)Cc1nc(C2(CN)CCC2)cs1. The van der Waals surface area contributed by atoms with Gasteiger partial charge in [0.05, 0.1) is 10.7 Å². The van der Waals surface area contributed by atoms with Crippen LogP contribution in [0.5, 0.6) is 0 Å². The minimum atomic E-state index is 0.242. The Morgan fingerprint density at radius 1 is 1.53 bits per heavy atom. The fraction of sp³-hybridized carbons (Fsp3) is 0.750. The van der Waals surface area contributed by atoms with E-state index in [0.29, 0.717) is 5.92 Å². The lowest BCUT2D eigenvalue weighted by Crippen LogP contribution is -2.41. The van der Waals surface area contributed by atoms with Gasteiger partial charge in [-0.15, -0.1) is 11.3 Å². The van der Waals surface area contributed by atoms with Crippen LogP contribution >= 0.6 is 11.3 Å².